The van der Waals surface area contributed by atoms with Crippen molar-refractivity contribution in [2.24, 2.45) is 0 Å². The molecular formula is C10H16N2O. The Balaban J connectivity index is 3.80. The fourth-order valence-electron chi connectivity index (χ4n) is 0.802. The Kier molecular flexibility index (Phi) is 6.62. The van der Waals surface area contributed by atoms with Crippen molar-refractivity contribution in [3.05, 3.63) is 12.2 Å². The highest BCUT2D eigenvalue weighted by Gasteiger charge is 2.04. The van der Waals surface area contributed by atoms with E-state index in [1.165, 1.54) is 6.08 Å². The average molecular weight is 180 g/mol. The zero-order chi connectivity index (χ0) is 10.1. The van der Waals surface area contributed by atoms with E-state index in [2.05, 4.69) is 5.32 Å². The third kappa shape index (κ3) is 5.92. The van der Waals surface area contributed by atoms with E-state index < -0.39 is 0 Å². The number of nitriles is 1. The molecule has 0 aliphatic rings. The highest BCUT2D eigenvalue weighted by atomic mass is 16.1. The predicted octanol–water partition coefficient (Wildman–Crippen LogP) is 1.76. The molecular weight excluding hydrogens is 164 g/mol. The first-order valence-corrected chi connectivity index (χ1v) is 4.61. The molecule has 3 heteroatoms. The number of hydrogen-bond donors (Lipinski definition) is 1. The van der Waals surface area contributed by atoms with Gasteiger partial charge in [0.05, 0.1) is 6.07 Å². The molecule has 0 aliphatic carbocycles. The summed E-state index contributed by atoms with van der Waals surface area (Å²) in [5.74, 6) is -0.179. The van der Waals surface area contributed by atoms with Crippen LogP contribution >= 0.6 is 0 Å². The Morgan fingerprint density at radius 3 is 2.77 bits per heavy atom. The number of carbonyl (C=O) groups excluding carboxylic acids is 1. The molecule has 72 valence electrons. The summed E-state index contributed by atoms with van der Waals surface area (Å²) in [5, 5.41) is 11.1. The molecule has 0 rings (SSSR count). The van der Waals surface area contributed by atoms with E-state index in [1.54, 1.807) is 0 Å². The average Bonchev–Trinajstić information content (AvgIpc) is 2.14. The van der Waals surface area contributed by atoms with E-state index in [9.17, 15) is 4.79 Å². The minimum atomic E-state index is -0.362. The second-order valence-electron chi connectivity index (χ2n) is 2.79. The first kappa shape index (κ1) is 11.7. The maximum atomic E-state index is 11.1. The molecule has 3 nitrogen and oxygen atoms in total. The van der Waals surface area contributed by atoms with E-state index in [-0.39, 0.29) is 11.9 Å². The van der Waals surface area contributed by atoms with Crippen LogP contribution in [0.2, 0.25) is 0 Å². The second-order valence-corrected chi connectivity index (χ2v) is 2.79. The van der Waals surface area contributed by atoms with Crippen LogP contribution in [0.15, 0.2) is 12.2 Å². The smallest absolute Gasteiger partial charge is 0.244 e. The number of nitrogens with one attached hydrogen (secondary N) is 1. The summed E-state index contributed by atoms with van der Waals surface area (Å²) in [4.78, 5) is 11.1. The van der Waals surface area contributed by atoms with E-state index in [1.807, 2.05) is 26.0 Å². The van der Waals surface area contributed by atoms with Crippen LogP contribution in [0, 0.1) is 11.3 Å². The number of hydrogen-bond acceptors (Lipinski definition) is 2. The van der Waals surface area contributed by atoms with E-state index >= 15 is 0 Å². The summed E-state index contributed by atoms with van der Waals surface area (Å²) >= 11 is 0. The predicted molar refractivity (Wildman–Crippen MR) is 51.9 cm³/mol. The van der Waals surface area contributed by atoms with Gasteiger partial charge in [-0.15, -0.1) is 0 Å². The molecule has 0 aromatic heterocycles. The number of unbranched alkanes of at least 4 members (excludes halogenated alkanes) is 1. The van der Waals surface area contributed by atoms with Gasteiger partial charge in [0, 0.05) is 0 Å². The molecule has 0 spiro atoms. The van der Waals surface area contributed by atoms with Crippen molar-refractivity contribution in [3.63, 3.8) is 0 Å². The summed E-state index contributed by atoms with van der Waals surface area (Å²) in [5.41, 5.74) is 0. The molecule has 1 unspecified atom stereocenters. The van der Waals surface area contributed by atoms with Crippen molar-refractivity contribution in [1.29, 1.82) is 5.26 Å². The molecule has 1 atom stereocenters. The largest absolute Gasteiger partial charge is 0.337 e. The van der Waals surface area contributed by atoms with E-state index in [0.29, 0.717) is 6.42 Å². The van der Waals surface area contributed by atoms with Crippen molar-refractivity contribution in [3.8, 4) is 6.07 Å². The fraction of sp³-hybridized carbons (Fsp3) is 0.600. The lowest BCUT2D eigenvalue weighted by Crippen LogP contribution is -2.31. The van der Waals surface area contributed by atoms with Gasteiger partial charge < -0.3 is 5.32 Å². The van der Waals surface area contributed by atoms with Crippen molar-refractivity contribution >= 4 is 5.91 Å². The number of rotatable bonds is 5. The summed E-state index contributed by atoms with van der Waals surface area (Å²) in [6.07, 6.45) is 5.88. The van der Waals surface area contributed by atoms with Gasteiger partial charge in [0.2, 0.25) is 5.91 Å². The van der Waals surface area contributed by atoms with Crippen molar-refractivity contribution in [1.82, 2.24) is 5.32 Å². The Morgan fingerprint density at radius 1 is 1.62 bits per heavy atom. The summed E-state index contributed by atoms with van der Waals surface area (Å²) in [6, 6.07) is 1.64. The summed E-state index contributed by atoms with van der Waals surface area (Å²) < 4.78 is 0. The maximum Gasteiger partial charge on any atom is 0.244 e. The lowest BCUT2D eigenvalue weighted by molar-refractivity contribution is -0.116. The van der Waals surface area contributed by atoms with E-state index in [0.717, 1.165) is 12.8 Å². The number of carbonyl (C=O) groups is 1. The third-order valence-corrected chi connectivity index (χ3v) is 1.61. The van der Waals surface area contributed by atoms with Gasteiger partial charge in [-0.25, -0.2) is 0 Å². The SMILES string of the molecule is CCC/C=C/C(=O)NC(C#N)CC. The minimum absolute atomic E-state index is 0.179. The van der Waals surface area contributed by atoms with Gasteiger partial charge in [0.15, 0.2) is 0 Å². The van der Waals surface area contributed by atoms with Crippen molar-refractivity contribution in [2.75, 3.05) is 0 Å². The van der Waals surface area contributed by atoms with Gasteiger partial charge in [0.25, 0.3) is 0 Å². The molecule has 0 saturated heterocycles. The van der Waals surface area contributed by atoms with Crippen LogP contribution in [-0.4, -0.2) is 11.9 Å². The molecule has 0 bridgehead atoms. The zero-order valence-electron chi connectivity index (χ0n) is 8.21. The molecule has 0 aliphatic heterocycles. The van der Waals surface area contributed by atoms with Crippen LogP contribution in [0.3, 0.4) is 0 Å². The molecule has 0 fully saturated rings. The quantitative estimate of drug-likeness (QED) is 0.655. The molecule has 13 heavy (non-hydrogen) atoms. The van der Waals surface area contributed by atoms with E-state index in [4.69, 9.17) is 5.26 Å². The molecule has 1 N–H and O–H groups in total. The summed E-state index contributed by atoms with van der Waals surface area (Å²) in [6.45, 7) is 3.91. The third-order valence-electron chi connectivity index (χ3n) is 1.61. The van der Waals surface area contributed by atoms with Crippen LogP contribution in [0.1, 0.15) is 33.1 Å². The van der Waals surface area contributed by atoms with Crippen LogP contribution in [-0.2, 0) is 4.79 Å². The molecule has 1 amide bonds. The van der Waals surface area contributed by atoms with Crippen molar-refractivity contribution in [2.45, 2.75) is 39.2 Å². The lowest BCUT2D eigenvalue weighted by Gasteiger charge is -2.05. The summed E-state index contributed by atoms with van der Waals surface area (Å²) in [7, 11) is 0. The molecule has 0 saturated carbocycles. The monoisotopic (exact) mass is 180 g/mol. The molecule has 0 heterocycles. The fourth-order valence-corrected chi connectivity index (χ4v) is 0.802. The highest BCUT2D eigenvalue weighted by molar-refractivity contribution is 5.87. The Hall–Kier alpha value is -1.30. The van der Waals surface area contributed by atoms with Gasteiger partial charge in [-0.05, 0) is 18.9 Å². The van der Waals surface area contributed by atoms with Gasteiger partial charge in [0.1, 0.15) is 6.04 Å². The molecule has 0 radical (unpaired) electrons. The molecule has 0 aromatic carbocycles. The standard InChI is InChI=1S/C10H16N2O/c1-3-5-6-7-10(13)12-9(4-2)8-11/h6-7,9H,3-5H2,1-2H3,(H,12,13)/b7-6+. The topological polar surface area (TPSA) is 52.9 Å². The van der Waals surface area contributed by atoms with Gasteiger partial charge in [-0.3, -0.25) is 4.79 Å². The first-order chi connectivity index (χ1) is 6.24. The highest BCUT2D eigenvalue weighted by Crippen LogP contribution is 1.91. The van der Waals surface area contributed by atoms with Crippen LogP contribution < -0.4 is 5.32 Å². The normalized spacial score (nSPS) is 12.4. The second kappa shape index (κ2) is 7.35. The van der Waals surface area contributed by atoms with Crippen molar-refractivity contribution < 1.29 is 4.79 Å². The van der Waals surface area contributed by atoms with Crippen LogP contribution in [0.4, 0.5) is 0 Å². The zero-order valence-corrected chi connectivity index (χ0v) is 8.21. The Labute approximate surface area is 79.4 Å². The maximum absolute atomic E-state index is 11.1. The number of amides is 1. The Bertz CT molecular complexity index is 215. The number of allylic oxidation sites excluding steroid dienone is 1. The van der Waals surface area contributed by atoms with Crippen LogP contribution in [0.5, 0.6) is 0 Å². The van der Waals surface area contributed by atoms with Gasteiger partial charge >= 0.3 is 0 Å². The Morgan fingerprint density at radius 2 is 2.31 bits per heavy atom. The lowest BCUT2D eigenvalue weighted by atomic mass is 10.2. The van der Waals surface area contributed by atoms with Crippen LogP contribution in [0.25, 0.3) is 0 Å². The first-order valence-electron chi connectivity index (χ1n) is 4.61. The number of nitrogens with zero attached hydrogens (tertiary/aromatic N) is 1. The van der Waals surface area contributed by atoms with Gasteiger partial charge in [-0.2, -0.15) is 5.26 Å². The minimum Gasteiger partial charge on any atom is -0.337 e. The molecule has 0 aromatic rings. The van der Waals surface area contributed by atoms with Gasteiger partial charge in [-0.1, -0.05) is 26.3 Å².